The standard InChI is InChI=1S/C19H25N5O/c1-13-6-11-18(25)24(23-13)15-9-7-14(8-10-15)22-19-16-4-2-3-5-17(16)20-12-21-19/h6,11-12,14-15H,2-5,7-10H2,1H3,(H,20,21,22). The molecule has 0 spiro atoms. The lowest BCUT2D eigenvalue weighted by molar-refractivity contribution is 0.302. The van der Waals surface area contributed by atoms with Crippen LogP contribution in [-0.2, 0) is 12.8 Å². The number of hydrogen-bond donors (Lipinski definition) is 1. The first kappa shape index (κ1) is 16.2. The van der Waals surface area contributed by atoms with E-state index in [0.29, 0.717) is 6.04 Å². The number of aromatic nitrogens is 4. The Balaban J connectivity index is 1.43. The summed E-state index contributed by atoms with van der Waals surface area (Å²) in [7, 11) is 0. The van der Waals surface area contributed by atoms with E-state index >= 15 is 0 Å². The molecule has 0 radical (unpaired) electrons. The van der Waals surface area contributed by atoms with Crippen LogP contribution in [0.3, 0.4) is 0 Å². The Hall–Kier alpha value is -2.24. The van der Waals surface area contributed by atoms with Crippen molar-refractivity contribution in [1.82, 2.24) is 19.7 Å². The summed E-state index contributed by atoms with van der Waals surface area (Å²) in [5.41, 5.74) is 3.43. The minimum atomic E-state index is 0.00637. The van der Waals surface area contributed by atoms with Gasteiger partial charge in [0.1, 0.15) is 12.1 Å². The van der Waals surface area contributed by atoms with E-state index in [-0.39, 0.29) is 11.6 Å². The van der Waals surface area contributed by atoms with Gasteiger partial charge < -0.3 is 5.32 Å². The first-order valence-corrected chi connectivity index (χ1v) is 9.36. The second-order valence-electron chi connectivity index (χ2n) is 7.26. The van der Waals surface area contributed by atoms with Crippen LogP contribution < -0.4 is 10.9 Å². The molecule has 0 aliphatic heterocycles. The zero-order chi connectivity index (χ0) is 17.2. The number of nitrogens with one attached hydrogen (secondary N) is 1. The van der Waals surface area contributed by atoms with Crippen LogP contribution in [0.4, 0.5) is 5.82 Å². The van der Waals surface area contributed by atoms with Gasteiger partial charge in [0.15, 0.2) is 0 Å². The molecule has 0 aromatic carbocycles. The number of aryl methyl sites for hydroxylation is 2. The average molecular weight is 339 g/mol. The van der Waals surface area contributed by atoms with Gasteiger partial charge in [-0.3, -0.25) is 4.79 Å². The quantitative estimate of drug-likeness (QED) is 0.931. The summed E-state index contributed by atoms with van der Waals surface area (Å²) < 4.78 is 1.68. The van der Waals surface area contributed by atoms with Crippen molar-refractivity contribution in [2.24, 2.45) is 0 Å². The molecule has 2 heterocycles. The van der Waals surface area contributed by atoms with E-state index in [1.807, 2.05) is 6.92 Å². The normalized spacial score (nSPS) is 23.1. The second-order valence-corrected chi connectivity index (χ2v) is 7.26. The highest BCUT2D eigenvalue weighted by atomic mass is 16.1. The number of hydrogen-bond acceptors (Lipinski definition) is 5. The minimum absolute atomic E-state index is 0.00637. The Bertz CT molecular complexity index is 808. The minimum Gasteiger partial charge on any atom is -0.367 e. The molecular weight excluding hydrogens is 314 g/mol. The Morgan fingerprint density at radius 1 is 1.08 bits per heavy atom. The Morgan fingerprint density at radius 2 is 1.88 bits per heavy atom. The van der Waals surface area contributed by atoms with Crippen molar-refractivity contribution in [2.75, 3.05) is 5.32 Å². The fraction of sp³-hybridized carbons (Fsp3) is 0.579. The van der Waals surface area contributed by atoms with Crippen molar-refractivity contribution < 1.29 is 0 Å². The highest BCUT2D eigenvalue weighted by Crippen LogP contribution is 2.31. The molecule has 4 rings (SSSR count). The highest BCUT2D eigenvalue weighted by molar-refractivity contribution is 5.47. The molecule has 2 aromatic rings. The van der Waals surface area contributed by atoms with Crippen LogP contribution in [-0.4, -0.2) is 25.8 Å². The third-order valence-electron chi connectivity index (χ3n) is 5.47. The predicted molar refractivity (Wildman–Crippen MR) is 96.8 cm³/mol. The third kappa shape index (κ3) is 3.43. The van der Waals surface area contributed by atoms with Gasteiger partial charge in [0.05, 0.1) is 11.7 Å². The zero-order valence-corrected chi connectivity index (χ0v) is 14.7. The molecule has 1 fully saturated rings. The molecule has 0 unspecified atom stereocenters. The van der Waals surface area contributed by atoms with Crippen LogP contribution in [0.2, 0.25) is 0 Å². The zero-order valence-electron chi connectivity index (χ0n) is 14.7. The van der Waals surface area contributed by atoms with E-state index in [9.17, 15) is 4.79 Å². The SMILES string of the molecule is Cc1ccc(=O)n(C2CCC(Nc3ncnc4c3CCCC4)CC2)n1. The molecule has 2 aliphatic carbocycles. The van der Waals surface area contributed by atoms with Crippen LogP contribution >= 0.6 is 0 Å². The van der Waals surface area contributed by atoms with Crippen molar-refractivity contribution in [3.63, 3.8) is 0 Å². The maximum atomic E-state index is 12.1. The summed E-state index contributed by atoms with van der Waals surface area (Å²) in [6.07, 6.45) is 10.3. The first-order valence-electron chi connectivity index (χ1n) is 9.36. The molecule has 132 valence electrons. The van der Waals surface area contributed by atoms with E-state index in [0.717, 1.165) is 50.0 Å². The fourth-order valence-electron chi connectivity index (χ4n) is 4.09. The van der Waals surface area contributed by atoms with Gasteiger partial charge in [-0.15, -0.1) is 0 Å². The highest BCUT2D eigenvalue weighted by Gasteiger charge is 2.25. The summed E-state index contributed by atoms with van der Waals surface area (Å²) >= 11 is 0. The van der Waals surface area contributed by atoms with E-state index in [1.54, 1.807) is 23.1 Å². The smallest absolute Gasteiger partial charge is 0.267 e. The van der Waals surface area contributed by atoms with E-state index in [2.05, 4.69) is 20.4 Å². The van der Waals surface area contributed by atoms with Gasteiger partial charge >= 0.3 is 0 Å². The monoisotopic (exact) mass is 339 g/mol. The summed E-state index contributed by atoms with van der Waals surface area (Å²) in [6, 6.07) is 4.03. The van der Waals surface area contributed by atoms with Crippen molar-refractivity contribution in [3.8, 4) is 0 Å². The number of anilines is 1. The van der Waals surface area contributed by atoms with Gasteiger partial charge in [0.2, 0.25) is 0 Å². The maximum Gasteiger partial charge on any atom is 0.267 e. The molecule has 2 aliphatic rings. The van der Waals surface area contributed by atoms with Crippen LogP contribution in [0.25, 0.3) is 0 Å². The van der Waals surface area contributed by atoms with Crippen molar-refractivity contribution in [1.29, 1.82) is 0 Å². The molecule has 0 saturated heterocycles. The lowest BCUT2D eigenvalue weighted by atomic mass is 9.90. The Kier molecular flexibility index (Phi) is 4.51. The Morgan fingerprint density at radius 3 is 2.72 bits per heavy atom. The van der Waals surface area contributed by atoms with E-state index in [1.165, 1.54) is 24.1 Å². The van der Waals surface area contributed by atoms with Crippen LogP contribution in [0.5, 0.6) is 0 Å². The van der Waals surface area contributed by atoms with E-state index in [4.69, 9.17) is 0 Å². The lowest BCUT2D eigenvalue weighted by Gasteiger charge is -2.30. The molecule has 6 heteroatoms. The molecule has 2 aromatic heterocycles. The van der Waals surface area contributed by atoms with Crippen molar-refractivity contribution in [2.45, 2.75) is 70.4 Å². The van der Waals surface area contributed by atoms with Gasteiger partial charge in [-0.05, 0) is 64.4 Å². The van der Waals surface area contributed by atoms with Crippen molar-refractivity contribution in [3.05, 3.63) is 45.8 Å². The molecule has 25 heavy (non-hydrogen) atoms. The molecule has 0 atom stereocenters. The summed E-state index contributed by atoms with van der Waals surface area (Å²) in [5, 5.41) is 8.07. The molecule has 1 saturated carbocycles. The second kappa shape index (κ2) is 6.94. The van der Waals surface area contributed by atoms with Gasteiger partial charge in [-0.2, -0.15) is 5.10 Å². The molecule has 0 amide bonds. The molecular formula is C19H25N5O. The fourth-order valence-corrected chi connectivity index (χ4v) is 4.09. The van der Waals surface area contributed by atoms with E-state index < -0.39 is 0 Å². The van der Waals surface area contributed by atoms with Gasteiger partial charge in [0, 0.05) is 23.4 Å². The molecule has 0 bridgehead atoms. The maximum absolute atomic E-state index is 12.1. The first-order chi connectivity index (χ1) is 12.2. The molecule has 6 nitrogen and oxygen atoms in total. The summed E-state index contributed by atoms with van der Waals surface area (Å²) in [6.45, 7) is 1.93. The topological polar surface area (TPSA) is 72.7 Å². The third-order valence-corrected chi connectivity index (χ3v) is 5.47. The summed E-state index contributed by atoms with van der Waals surface area (Å²) in [5.74, 6) is 1.03. The van der Waals surface area contributed by atoms with Gasteiger partial charge in [-0.1, -0.05) is 0 Å². The van der Waals surface area contributed by atoms with Gasteiger partial charge in [-0.25, -0.2) is 14.6 Å². The van der Waals surface area contributed by atoms with Crippen LogP contribution in [0.15, 0.2) is 23.3 Å². The largest absolute Gasteiger partial charge is 0.367 e. The molecule has 1 N–H and O–H groups in total. The van der Waals surface area contributed by atoms with Crippen LogP contribution in [0.1, 0.15) is 61.5 Å². The average Bonchev–Trinajstić information content (AvgIpc) is 2.65. The number of nitrogens with zero attached hydrogens (tertiary/aromatic N) is 4. The summed E-state index contributed by atoms with van der Waals surface area (Å²) in [4.78, 5) is 21.0. The predicted octanol–water partition coefficient (Wildman–Crippen LogP) is 2.82. The number of rotatable bonds is 3. The Labute approximate surface area is 147 Å². The van der Waals surface area contributed by atoms with Crippen molar-refractivity contribution >= 4 is 5.82 Å². The van der Waals surface area contributed by atoms with Gasteiger partial charge in [0.25, 0.3) is 5.56 Å². The number of fused-ring (bicyclic) bond motifs is 1. The van der Waals surface area contributed by atoms with Crippen LogP contribution in [0, 0.1) is 6.92 Å². The lowest BCUT2D eigenvalue weighted by Crippen LogP contribution is -2.33.